The predicted octanol–water partition coefficient (Wildman–Crippen LogP) is -1.13. The zero-order valence-corrected chi connectivity index (χ0v) is 7.92. The molecule has 14 heavy (non-hydrogen) atoms. The summed E-state index contributed by atoms with van der Waals surface area (Å²) in [6.45, 7) is 2.71. The monoisotopic (exact) mass is 196 g/mol. The summed E-state index contributed by atoms with van der Waals surface area (Å²) < 4.78 is 1.47. The Morgan fingerprint density at radius 1 is 1.64 bits per heavy atom. The Labute approximate surface area is 81.1 Å². The number of rotatable bonds is 2. The van der Waals surface area contributed by atoms with Crippen molar-refractivity contribution < 1.29 is 9.90 Å². The van der Waals surface area contributed by atoms with Crippen molar-refractivity contribution >= 4 is 5.91 Å². The fraction of sp³-hybridized carbons (Fsp3) is 0.625. The fourth-order valence-corrected chi connectivity index (χ4v) is 1.51. The van der Waals surface area contributed by atoms with E-state index in [0.29, 0.717) is 13.1 Å². The topological polar surface area (TPSA) is 71.2 Å². The van der Waals surface area contributed by atoms with Crippen molar-refractivity contribution in [3.05, 3.63) is 12.4 Å². The van der Waals surface area contributed by atoms with Crippen molar-refractivity contribution in [1.29, 1.82) is 0 Å². The van der Waals surface area contributed by atoms with Gasteiger partial charge in [-0.2, -0.15) is 0 Å². The Morgan fingerprint density at radius 2 is 2.36 bits per heavy atom. The molecule has 1 fully saturated rings. The second-order valence-corrected chi connectivity index (χ2v) is 3.85. The number of likely N-dealkylation sites (tertiary alicyclic amines) is 1. The lowest BCUT2D eigenvalue weighted by Crippen LogP contribution is -2.62. The van der Waals surface area contributed by atoms with Crippen LogP contribution in [0.15, 0.2) is 12.4 Å². The first kappa shape index (κ1) is 9.14. The van der Waals surface area contributed by atoms with Crippen LogP contribution in [-0.2, 0) is 11.3 Å². The van der Waals surface area contributed by atoms with Crippen LogP contribution in [0.2, 0.25) is 0 Å². The molecule has 0 atom stereocenters. The number of hydrogen-bond acceptors (Lipinski definition) is 4. The van der Waals surface area contributed by atoms with Gasteiger partial charge in [0.15, 0.2) is 0 Å². The number of β-amino-alcohol motifs (C(OH)–C–C–N with tert-alkyl or cyclic N) is 1. The van der Waals surface area contributed by atoms with Crippen LogP contribution in [0.5, 0.6) is 0 Å². The molecule has 2 rings (SSSR count). The Balaban J connectivity index is 1.86. The maximum atomic E-state index is 11.5. The normalized spacial score (nSPS) is 19.1. The Bertz CT molecular complexity index is 325. The summed E-state index contributed by atoms with van der Waals surface area (Å²) in [5, 5.41) is 16.7. The molecule has 0 unspecified atom stereocenters. The first-order valence-corrected chi connectivity index (χ1v) is 4.41. The van der Waals surface area contributed by atoms with Gasteiger partial charge in [-0.3, -0.25) is 4.79 Å². The molecule has 1 aliphatic rings. The summed E-state index contributed by atoms with van der Waals surface area (Å²) >= 11 is 0. The molecule has 1 N–H and O–H groups in total. The van der Waals surface area contributed by atoms with E-state index in [1.807, 2.05) is 0 Å². The second-order valence-electron chi connectivity index (χ2n) is 3.85. The number of aromatic nitrogens is 3. The second kappa shape index (κ2) is 3.06. The maximum absolute atomic E-state index is 11.5. The molecule has 6 heteroatoms. The van der Waals surface area contributed by atoms with Crippen LogP contribution in [0.3, 0.4) is 0 Å². The van der Waals surface area contributed by atoms with E-state index in [-0.39, 0.29) is 12.5 Å². The smallest absolute Gasteiger partial charge is 0.244 e. The van der Waals surface area contributed by atoms with Crippen LogP contribution in [-0.4, -0.2) is 49.6 Å². The zero-order valence-electron chi connectivity index (χ0n) is 7.92. The highest BCUT2D eigenvalue weighted by atomic mass is 16.3. The standard InChI is InChI=1S/C8H12N4O2/c1-8(14)5-11(6-8)7(13)4-12-3-2-9-10-12/h2-3,14H,4-6H2,1H3. The summed E-state index contributed by atoms with van der Waals surface area (Å²) in [4.78, 5) is 13.1. The van der Waals surface area contributed by atoms with E-state index in [1.54, 1.807) is 18.0 Å². The molecule has 0 saturated carbocycles. The molecule has 76 valence electrons. The van der Waals surface area contributed by atoms with E-state index in [1.165, 1.54) is 10.9 Å². The number of carbonyl (C=O) groups is 1. The van der Waals surface area contributed by atoms with Gasteiger partial charge in [0, 0.05) is 6.20 Å². The minimum atomic E-state index is -0.710. The first-order chi connectivity index (χ1) is 6.57. The lowest BCUT2D eigenvalue weighted by atomic mass is 9.97. The van der Waals surface area contributed by atoms with Crippen molar-refractivity contribution in [3.63, 3.8) is 0 Å². The summed E-state index contributed by atoms with van der Waals surface area (Å²) in [7, 11) is 0. The molecule has 2 heterocycles. The third-order valence-corrected chi connectivity index (χ3v) is 2.18. The van der Waals surface area contributed by atoms with Gasteiger partial charge in [0.05, 0.1) is 24.9 Å². The predicted molar refractivity (Wildman–Crippen MR) is 47.2 cm³/mol. The molecule has 6 nitrogen and oxygen atoms in total. The Morgan fingerprint density at radius 3 is 2.86 bits per heavy atom. The van der Waals surface area contributed by atoms with Crippen molar-refractivity contribution in [2.75, 3.05) is 13.1 Å². The maximum Gasteiger partial charge on any atom is 0.244 e. The van der Waals surface area contributed by atoms with Gasteiger partial charge in [-0.05, 0) is 6.92 Å². The molecule has 0 aliphatic carbocycles. The molecular formula is C8H12N4O2. The lowest BCUT2D eigenvalue weighted by Gasteiger charge is -2.44. The van der Waals surface area contributed by atoms with Gasteiger partial charge in [0.2, 0.25) is 5.91 Å². The highest BCUT2D eigenvalue weighted by Crippen LogP contribution is 2.19. The van der Waals surface area contributed by atoms with E-state index < -0.39 is 5.60 Å². The largest absolute Gasteiger partial charge is 0.386 e. The molecule has 0 spiro atoms. The zero-order chi connectivity index (χ0) is 10.2. The van der Waals surface area contributed by atoms with Gasteiger partial charge < -0.3 is 10.0 Å². The van der Waals surface area contributed by atoms with Gasteiger partial charge in [-0.1, -0.05) is 5.21 Å². The van der Waals surface area contributed by atoms with Crippen LogP contribution in [0.1, 0.15) is 6.92 Å². The molecule has 1 aromatic rings. The number of carbonyl (C=O) groups excluding carboxylic acids is 1. The van der Waals surface area contributed by atoms with Gasteiger partial charge in [-0.15, -0.1) is 5.10 Å². The summed E-state index contributed by atoms with van der Waals surface area (Å²) in [6.07, 6.45) is 3.16. The number of hydrogen-bond donors (Lipinski definition) is 1. The quantitative estimate of drug-likeness (QED) is 0.649. The average molecular weight is 196 g/mol. The van der Waals surface area contributed by atoms with Crippen LogP contribution < -0.4 is 0 Å². The Kier molecular flexibility index (Phi) is 1.99. The highest BCUT2D eigenvalue weighted by Gasteiger charge is 2.39. The van der Waals surface area contributed by atoms with Crippen molar-refractivity contribution in [3.8, 4) is 0 Å². The number of aliphatic hydroxyl groups is 1. The van der Waals surface area contributed by atoms with Gasteiger partial charge in [0.25, 0.3) is 0 Å². The molecule has 0 radical (unpaired) electrons. The number of nitrogens with zero attached hydrogens (tertiary/aromatic N) is 4. The van der Waals surface area contributed by atoms with Crippen molar-refractivity contribution in [2.45, 2.75) is 19.1 Å². The van der Waals surface area contributed by atoms with E-state index in [4.69, 9.17) is 0 Å². The van der Waals surface area contributed by atoms with Crippen LogP contribution in [0.25, 0.3) is 0 Å². The Hall–Kier alpha value is -1.43. The van der Waals surface area contributed by atoms with E-state index in [9.17, 15) is 9.90 Å². The molecule has 1 aliphatic heterocycles. The third kappa shape index (κ3) is 1.74. The molecule has 1 saturated heterocycles. The first-order valence-electron chi connectivity index (χ1n) is 4.41. The fourth-order valence-electron chi connectivity index (χ4n) is 1.51. The molecular weight excluding hydrogens is 184 g/mol. The van der Waals surface area contributed by atoms with Crippen molar-refractivity contribution in [1.82, 2.24) is 19.9 Å². The summed E-state index contributed by atoms with van der Waals surface area (Å²) in [6, 6.07) is 0. The molecule has 1 aromatic heterocycles. The minimum absolute atomic E-state index is 0.0398. The highest BCUT2D eigenvalue weighted by molar-refractivity contribution is 5.77. The van der Waals surface area contributed by atoms with Crippen molar-refractivity contribution in [2.24, 2.45) is 0 Å². The van der Waals surface area contributed by atoms with E-state index >= 15 is 0 Å². The number of amides is 1. The van der Waals surface area contributed by atoms with Gasteiger partial charge in [-0.25, -0.2) is 4.68 Å². The minimum Gasteiger partial charge on any atom is -0.386 e. The summed E-state index contributed by atoms with van der Waals surface area (Å²) in [5.41, 5.74) is -0.710. The van der Waals surface area contributed by atoms with Gasteiger partial charge in [0.1, 0.15) is 6.54 Å². The molecule has 1 amide bonds. The van der Waals surface area contributed by atoms with Crippen LogP contribution in [0.4, 0.5) is 0 Å². The summed E-state index contributed by atoms with van der Waals surface area (Å²) in [5.74, 6) is -0.0398. The molecule has 0 bridgehead atoms. The van der Waals surface area contributed by atoms with Gasteiger partial charge >= 0.3 is 0 Å². The van der Waals surface area contributed by atoms with E-state index in [0.717, 1.165) is 0 Å². The SMILES string of the molecule is CC1(O)CN(C(=O)Cn2ccnn2)C1. The van der Waals surface area contributed by atoms with E-state index in [2.05, 4.69) is 10.3 Å². The van der Waals surface area contributed by atoms with Crippen LogP contribution >= 0.6 is 0 Å². The van der Waals surface area contributed by atoms with Crippen LogP contribution in [0, 0.1) is 0 Å². The molecule has 0 aromatic carbocycles. The third-order valence-electron chi connectivity index (χ3n) is 2.18. The average Bonchev–Trinajstić information content (AvgIpc) is 2.52. The lowest BCUT2D eigenvalue weighted by molar-refractivity contribution is -0.153.